The molecule has 2 rings (SSSR count). The molecule has 1 aliphatic rings. The molecule has 1 aromatic rings. The van der Waals surface area contributed by atoms with Crippen molar-refractivity contribution < 1.29 is 14.3 Å². The second-order valence-corrected chi connectivity index (χ2v) is 4.51. The van der Waals surface area contributed by atoms with Crippen molar-refractivity contribution in [2.75, 3.05) is 11.9 Å². The maximum atomic E-state index is 11.6. The van der Waals surface area contributed by atoms with Gasteiger partial charge < -0.3 is 10.1 Å². The van der Waals surface area contributed by atoms with E-state index in [2.05, 4.69) is 5.32 Å². The van der Waals surface area contributed by atoms with Crippen molar-refractivity contribution in [3.05, 3.63) is 29.3 Å². The quantitative estimate of drug-likeness (QED) is 0.832. The lowest BCUT2D eigenvalue weighted by Gasteiger charge is -2.09. The molecule has 0 atom stereocenters. The molecule has 1 aliphatic carbocycles. The zero-order valence-electron chi connectivity index (χ0n) is 10.7. The molecule has 0 spiro atoms. The second-order valence-electron chi connectivity index (χ2n) is 4.51. The van der Waals surface area contributed by atoms with Gasteiger partial charge in [-0.3, -0.25) is 4.79 Å². The van der Waals surface area contributed by atoms with E-state index in [1.807, 2.05) is 6.92 Å². The topological polar surface area (TPSA) is 55.4 Å². The summed E-state index contributed by atoms with van der Waals surface area (Å²) < 4.78 is 4.93. The van der Waals surface area contributed by atoms with E-state index < -0.39 is 0 Å². The Morgan fingerprint density at radius 1 is 1.39 bits per heavy atom. The van der Waals surface area contributed by atoms with Gasteiger partial charge >= 0.3 is 5.97 Å². The third kappa shape index (κ3) is 2.88. The molecule has 4 nitrogen and oxygen atoms in total. The summed E-state index contributed by atoms with van der Waals surface area (Å²) in [7, 11) is 0. The maximum Gasteiger partial charge on any atom is 0.338 e. The molecule has 1 N–H and O–H groups in total. The maximum absolute atomic E-state index is 11.6. The Labute approximate surface area is 106 Å². The van der Waals surface area contributed by atoms with Crippen LogP contribution in [0.5, 0.6) is 0 Å². The Kier molecular flexibility index (Phi) is 3.65. The van der Waals surface area contributed by atoms with E-state index in [0.717, 1.165) is 24.1 Å². The summed E-state index contributed by atoms with van der Waals surface area (Å²) in [6.45, 7) is 4.00. The molecular weight excluding hydrogens is 230 g/mol. The van der Waals surface area contributed by atoms with Gasteiger partial charge in [-0.1, -0.05) is 0 Å². The summed E-state index contributed by atoms with van der Waals surface area (Å²) in [6.07, 6.45) is 1.96. The smallest absolute Gasteiger partial charge is 0.338 e. The number of aryl methyl sites for hydroxylation is 1. The van der Waals surface area contributed by atoms with Crippen molar-refractivity contribution in [2.24, 2.45) is 5.92 Å². The van der Waals surface area contributed by atoms with E-state index in [0.29, 0.717) is 12.2 Å². The number of amides is 1. The van der Waals surface area contributed by atoms with Crippen LogP contribution in [0, 0.1) is 12.8 Å². The Morgan fingerprint density at radius 2 is 2.11 bits per heavy atom. The number of carbonyl (C=O) groups excluding carboxylic acids is 2. The zero-order chi connectivity index (χ0) is 13.1. The van der Waals surface area contributed by atoms with Crippen molar-refractivity contribution >= 4 is 17.6 Å². The molecule has 1 saturated carbocycles. The minimum Gasteiger partial charge on any atom is -0.462 e. The van der Waals surface area contributed by atoms with Crippen LogP contribution >= 0.6 is 0 Å². The third-order valence-electron chi connectivity index (χ3n) is 2.94. The van der Waals surface area contributed by atoms with Crippen LogP contribution in [0.4, 0.5) is 5.69 Å². The summed E-state index contributed by atoms with van der Waals surface area (Å²) in [5.41, 5.74) is 2.15. The number of benzene rings is 1. The van der Waals surface area contributed by atoms with Crippen molar-refractivity contribution in [1.29, 1.82) is 0 Å². The van der Waals surface area contributed by atoms with Gasteiger partial charge in [0.1, 0.15) is 0 Å². The van der Waals surface area contributed by atoms with Crippen LogP contribution in [0.15, 0.2) is 18.2 Å². The average Bonchev–Trinajstić information content (AvgIpc) is 3.16. The minimum atomic E-state index is -0.333. The first kappa shape index (κ1) is 12.6. The summed E-state index contributed by atoms with van der Waals surface area (Å²) in [6, 6.07) is 5.16. The molecule has 1 amide bonds. The molecule has 0 unspecified atom stereocenters. The van der Waals surface area contributed by atoms with E-state index in [9.17, 15) is 9.59 Å². The van der Waals surface area contributed by atoms with Crippen molar-refractivity contribution in [2.45, 2.75) is 26.7 Å². The van der Waals surface area contributed by atoms with Gasteiger partial charge in [0.25, 0.3) is 0 Å². The van der Waals surface area contributed by atoms with Gasteiger partial charge in [-0.2, -0.15) is 0 Å². The van der Waals surface area contributed by atoms with E-state index >= 15 is 0 Å². The molecule has 0 aromatic heterocycles. The molecule has 4 heteroatoms. The highest BCUT2D eigenvalue weighted by Crippen LogP contribution is 2.30. The zero-order valence-corrected chi connectivity index (χ0v) is 10.7. The fourth-order valence-corrected chi connectivity index (χ4v) is 1.73. The molecule has 0 saturated heterocycles. The lowest BCUT2D eigenvalue weighted by Crippen LogP contribution is -2.14. The predicted molar refractivity (Wildman–Crippen MR) is 68.5 cm³/mol. The molecule has 0 heterocycles. The van der Waals surface area contributed by atoms with Gasteiger partial charge in [0, 0.05) is 11.6 Å². The van der Waals surface area contributed by atoms with Crippen LogP contribution in [0.2, 0.25) is 0 Å². The highest BCUT2D eigenvalue weighted by atomic mass is 16.5. The van der Waals surface area contributed by atoms with E-state index in [1.54, 1.807) is 25.1 Å². The van der Waals surface area contributed by atoms with Crippen LogP contribution in [-0.4, -0.2) is 18.5 Å². The summed E-state index contributed by atoms with van der Waals surface area (Å²) in [4.78, 5) is 23.2. The second kappa shape index (κ2) is 5.21. The lowest BCUT2D eigenvalue weighted by molar-refractivity contribution is -0.117. The summed E-state index contributed by atoms with van der Waals surface area (Å²) >= 11 is 0. The van der Waals surface area contributed by atoms with Crippen molar-refractivity contribution in [3.8, 4) is 0 Å². The Hall–Kier alpha value is -1.84. The molecule has 0 aliphatic heterocycles. The van der Waals surface area contributed by atoms with Crippen molar-refractivity contribution in [1.82, 2.24) is 0 Å². The normalized spacial score (nSPS) is 14.1. The molecule has 96 valence electrons. The van der Waals surface area contributed by atoms with Gasteiger partial charge in [-0.25, -0.2) is 4.79 Å². The first-order chi connectivity index (χ1) is 8.61. The molecular formula is C14H17NO3. The third-order valence-corrected chi connectivity index (χ3v) is 2.94. The number of anilines is 1. The number of nitrogens with one attached hydrogen (secondary N) is 1. The fourth-order valence-electron chi connectivity index (χ4n) is 1.73. The Bertz CT molecular complexity index is 478. The number of hydrogen-bond donors (Lipinski definition) is 1. The van der Waals surface area contributed by atoms with Gasteiger partial charge in [0.2, 0.25) is 5.91 Å². The Morgan fingerprint density at radius 3 is 2.67 bits per heavy atom. The molecule has 0 bridgehead atoms. The van der Waals surface area contributed by atoms with Crippen LogP contribution in [0.1, 0.15) is 35.7 Å². The van der Waals surface area contributed by atoms with Gasteiger partial charge in [-0.05, 0) is 50.5 Å². The predicted octanol–water partition coefficient (Wildman–Crippen LogP) is 2.52. The van der Waals surface area contributed by atoms with Gasteiger partial charge in [0.15, 0.2) is 0 Å². The fraction of sp³-hybridized carbons (Fsp3) is 0.429. The van der Waals surface area contributed by atoms with Crippen LogP contribution in [0.3, 0.4) is 0 Å². The SMILES string of the molecule is CCOC(=O)c1ccc(NC(=O)C2CC2)c(C)c1. The van der Waals surface area contributed by atoms with E-state index in [-0.39, 0.29) is 17.8 Å². The highest BCUT2D eigenvalue weighted by Gasteiger charge is 2.29. The molecule has 18 heavy (non-hydrogen) atoms. The monoisotopic (exact) mass is 247 g/mol. The number of rotatable bonds is 4. The minimum absolute atomic E-state index is 0.0713. The first-order valence-corrected chi connectivity index (χ1v) is 6.20. The first-order valence-electron chi connectivity index (χ1n) is 6.20. The summed E-state index contributed by atoms with van der Waals surface area (Å²) in [5.74, 6) is -0.0863. The van der Waals surface area contributed by atoms with Gasteiger partial charge in [0.05, 0.1) is 12.2 Å². The van der Waals surface area contributed by atoms with Crippen LogP contribution < -0.4 is 5.32 Å². The van der Waals surface area contributed by atoms with Crippen molar-refractivity contribution in [3.63, 3.8) is 0 Å². The highest BCUT2D eigenvalue weighted by molar-refractivity contribution is 5.96. The van der Waals surface area contributed by atoms with E-state index in [4.69, 9.17) is 4.74 Å². The molecule has 1 aromatic carbocycles. The summed E-state index contributed by atoms with van der Waals surface area (Å²) in [5, 5.41) is 2.88. The Balaban J connectivity index is 2.09. The standard InChI is InChI=1S/C14H17NO3/c1-3-18-14(17)11-6-7-12(9(2)8-11)15-13(16)10-4-5-10/h6-8,10H,3-5H2,1-2H3,(H,15,16). The number of carbonyl (C=O) groups is 2. The largest absolute Gasteiger partial charge is 0.462 e. The number of ether oxygens (including phenoxy) is 1. The van der Waals surface area contributed by atoms with Gasteiger partial charge in [-0.15, -0.1) is 0 Å². The molecule has 1 fully saturated rings. The number of esters is 1. The van der Waals surface area contributed by atoms with Crippen LogP contribution in [-0.2, 0) is 9.53 Å². The number of hydrogen-bond acceptors (Lipinski definition) is 3. The van der Waals surface area contributed by atoms with E-state index in [1.165, 1.54) is 0 Å². The lowest BCUT2D eigenvalue weighted by atomic mass is 10.1. The molecule has 0 radical (unpaired) electrons. The average molecular weight is 247 g/mol. The van der Waals surface area contributed by atoms with Crippen LogP contribution in [0.25, 0.3) is 0 Å².